The zero-order chi connectivity index (χ0) is 13.7. The predicted molar refractivity (Wildman–Crippen MR) is 66.9 cm³/mol. The number of nitrogens with one attached hydrogen (secondary N) is 1. The minimum atomic E-state index is -1.11. The van der Waals surface area contributed by atoms with Crippen molar-refractivity contribution in [3.8, 4) is 0 Å². The van der Waals surface area contributed by atoms with Gasteiger partial charge in [-0.3, -0.25) is 4.79 Å². The number of hydrogen-bond donors (Lipinski definition) is 1. The Kier molecular flexibility index (Phi) is 4.85. The lowest BCUT2D eigenvalue weighted by molar-refractivity contribution is 0.0932. The summed E-state index contributed by atoms with van der Waals surface area (Å²) in [6, 6.07) is 3.56. The maximum atomic E-state index is 13.3. The Bertz CT molecular complexity index is 447. The fourth-order valence-corrected chi connectivity index (χ4v) is 1.69. The van der Waals surface area contributed by atoms with Crippen molar-refractivity contribution < 1.29 is 18.3 Å². The Morgan fingerprint density at radius 2 is 2.16 bits per heavy atom. The van der Waals surface area contributed by atoms with Crippen LogP contribution in [0.25, 0.3) is 0 Å². The van der Waals surface area contributed by atoms with Gasteiger partial charge >= 0.3 is 0 Å². The first kappa shape index (κ1) is 13.9. The molecule has 1 aromatic carbocycles. The zero-order valence-corrected chi connectivity index (χ0v) is 10.6. The molecule has 0 atom stereocenters. The topological polar surface area (TPSA) is 38.3 Å². The van der Waals surface area contributed by atoms with Crippen molar-refractivity contribution in [1.82, 2.24) is 5.32 Å². The summed E-state index contributed by atoms with van der Waals surface area (Å²) in [5.74, 6) is -2.00. The highest BCUT2D eigenvalue weighted by molar-refractivity contribution is 5.94. The van der Waals surface area contributed by atoms with Gasteiger partial charge in [0.25, 0.3) is 5.91 Å². The maximum Gasteiger partial charge on any atom is 0.254 e. The van der Waals surface area contributed by atoms with Gasteiger partial charge < -0.3 is 10.1 Å². The Balaban J connectivity index is 1.67. The molecule has 2 rings (SSSR count). The van der Waals surface area contributed by atoms with E-state index in [9.17, 15) is 13.6 Å². The average Bonchev–Trinajstić information content (AvgIpc) is 3.20. The number of hydrogen-bond acceptors (Lipinski definition) is 2. The third-order valence-electron chi connectivity index (χ3n) is 3.00. The third kappa shape index (κ3) is 4.28. The maximum absolute atomic E-state index is 13.3. The van der Waals surface area contributed by atoms with Crippen LogP contribution < -0.4 is 5.32 Å². The number of halogens is 2. The van der Waals surface area contributed by atoms with Crippen molar-refractivity contribution in [1.29, 1.82) is 0 Å². The van der Waals surface area contributed by atoms with Crippen LogP contribution in [0.5, 0.6) is 0 Å². The molecule has 0 aliphatic heterocycles. The van der Waals surface area contributed by atoms with Gasteiger partial charge in [0.1, 0.15) is 0 Å². The second-order valence-electron chi connectivity index (χ2n) is 4.73. The lowest BCUT2D eigenvalue weighted by Crippen LogP contribution is -2.26. The highest BCUT2D eigenvalue weighted by atomic mass is 19.2. The monoisotopic (exact) mass is 269 g/mol. The summed E-state index contributed by atoms with van der Waals surface area (Å²) in [4.78, 5) is 11.6. The van der Waals surface area contributed by atoms with Crippen LogP contribution in [0.2, 0.25) is 0 Å². The summed E-state index contributed by atoms with van der Waals surface area (Å²) >= 11 is 0. The molecule has 1 amide bonds. The zero-order valence-electron chi connectivity index (χ0n) is 10.6. The van der Waals surface area contributed by atoms with Crippen molar-refractivity contribution >= 4 is 5.91 Å². The Labute approximate surface area is 111 Å². The van der Waals surface area contributed by atoms with Gasteiger partial charge in [0.05, 0.1) is 5.56 Å². The van der Waals surface area contributed by atoms with Gasteiger partial charge in [-0.15, -0.1) is 0 Å². The van der Waals surface area contributed by atoms with Gasteiger partial charge in [0.2, 0.25) is 0 Å². The number of carbonyl (C=O) groups is 1. The molecule has 0 bridgehead atoms. The van der Waals surface area contributed by atoms with Crippen LogP contribution in [0.4, 0.5) is 8.78 Å². The third-order valence-corrected chi connectivity index (χ3v) is 3.00. The van der Waals surface area contributed by atoms with Gasteiger partial charge in [-0.25, -0.2) is 8.78 Å². The number of benzene rings is 1. The van der Waals surface area contributed by atoms with Crippen molar-refractivity contribution in [2.75, 3.05) is 19.8 Å². The van der Waals surface area contributed by atoms with Gasteiger partial charge in [-0.2, -0.15) is 0 Å². The Morgan fingerprint density at radius 3 is 2.89 bits per heavy atom. The Hall–Kier alpha value is -1.49. The molecule has 5 heteroatoms. The van der Waals surface area contributed by atoms with Crippen molar-refractivity contribution in [3.63, 3.8) is 0 Å². The van der Waals surface area contributed by atoms with E-state index in [-0.39, 0.29) is 5.56 Å². The van der Waals surface area contributed by atoms with Crippen LogP contribution >= 0.6 is 0 Å². The first-order valence-electron chi connectivity index (χ1n) is 6.48. The van der Waals surface area contributed by atoms with E-state index >= 15 is 0 Å². The molecular weight excluding hydrogens is 252 g/mol. The van der Waals surface area contributed by atoms with Gasteiger partial charge in [-0.1, -0.05) is 6.07 Å². The van der Waals surface area contributed by atoms with E-state index < -0.39 is 17.5 Å². The molecule has 104 valence electrons. The fourth-order valence-electron chi connectivity index (χ4n) is 1.69. The van der Waals surface area contributed by atoms with E-state index in [4.69, 9.17) is 4.74 Å². The molecule has 0 aromatic heterocycles. The van der Waals surface area contributed by atoms with Crippen LogP contribution in [-0.2, 0) is 4.74 Å². The molecule has 0 radical (unpaired) electrons. The van der Waals surface area contributed by atoms with Crippen LogP contribution in [0.1, 0.15) is 29.6 Å². The van der Waals surface area contributed by atoms with Crippen LogP contribution in [0.15, 0.2) is 18.2 Å². The summed E-state index contributed by atoms with van der Waals surface area (Å²) in [5.41, 5.74) is -0.265. The summed E-state index contributed by atoms with van der Waals surface area (Å²) in [7, 11) is 0. The standard InChI is InChI=1S/C14H17F2NO2/c15-12-4-1-3-11(13(12)16)14(18)17-7-2-8-19-9-10-5-6-10/h1,3-4,10H,2,5-9H2,(H,17,18). The van der Waals surface area contributed by atoms with Crippen LogP contribution in [0.3, 0.4) is 0 Å². The molecule has 0 unspecified atom stereocenters. The molecular formula is C14H17F2NO2. The highest BCUT2D eigenvalue weighted by Gasteiger charge is 2.20. The van der Waals surface area contributed by atoms with E-state index in [0.717, 1.165) is 18.6 Å². The quantitative estimate of drug-likeness (QED) is 0.772. The molecule has 1 N–H and O–H groups in total. The lowest BCUT2D eigenvalue weighted by Gasteiger charge is -2.07. The van der Waals surface area contributed by atoms with Crippen molar-refractivity contribution in [2.24, 2.45) is 5.92 Å². The summed E-state index contributed by atoms with van der Waals surface area (Å²) in [6.07, 6.45) is 3.15. The number of ether oxygens (including phenoxy) is 1. The van der Waals surface area contributed by atoms with Gasteiger partial charge in [-0.05, 0) is 37.3 Å². The average molecular weight is 269 g/mol. The Morgan fingerprint density at radius 1 is 1.37 bits per heavy atom. The van der Waals surface area contributed by atoms with Crippen LogP contribution in [0, 0.1) is 17.6 Å². The molecule has 0 saturated heterocycles. The minimum Gasteiger partial charge on any atom is -0.381 e. The molecule has 3 nitrogen and oxygen atoms in total. The first-order valence-corrected chi connectivity index (χ1v) is 6.48. The lowest BCUT2D eigenvalue weighted by atomic mass is 10.2. The second-order valence-corrected chi connectivity index (χ2v) is 4.73. The molecule has 0 heterocycles. The highest BCUT2D eigenvalue weighted by Crippen LogP contribution is 2.28. The number of amides is 1. The van der Waals surface area contributed by atoms with E-state index in [1.54, 1.807) is 0 Å². The molecule has 19 heavy (non-hydrogen) atoms. The largest absolute Gasteiger partial charge is 0.381 e. The minimum absolute atomic E-state index is 0.265. The summed E-state index contributed by atoms with van der Waals surface area (Å²) < 4.78 is 31.7. The van der Waals surface area contributed by atoms with E-state index in [1.165, 1.54) is 25.0 Å². The van der Waals surface area contributed by atoms with E-state index in [1.807, 2.05) is 0 Å². The summed E-state index contributed by atoms with van der Waals surface area (Å²) in [6.45, 7) is 1.74. The molecule has 1 aliphatic rings. The smallest absolute Gasteiger partial charge is 0.254 e. The SMILES string of the molecule is O=C(NCCCOCC1CC1)c1cccc(F)c1F. The number of rotatable bonds is 7. The van der Waals surface area contributed by atoms with E-state index in [0.29, 0.717) is 19.6 Å². The van der Waals surface area contributed by atoms with Crippen LogP contribution in [-0.4, -0.2) is 25.7 Å². The molecule has 1 saturated carbocycles. The fraction of sp³-hybridized carbons (Fsp3) is 0.500. The van der Waals surface area contributed by atoms with Crippen molar-refractivity contribution in [3.05, 3.63) is 35.4 Å². The summed E-state index contributed by atoms with van der Waals surface area (Å²) in [5, 5.41) is 2.55. The normalized spacial score (nSPS) is 14.4. The van der Waals surface area contributed by atoms with Crippen molar-refractivity contribution in [2.45, 2.75) is 19.3 Å². The predicted octanol–water partition coefficient (Wildman–Crippen LogP) is 2.51. The molecule has 1 aliphatic carbocycles. The molecule has 1 fully saturated rings. The van der Waals surface area contributed by atoms with Gasteiger partial charge in [0.15, 0.2) is 11.6 Å². The number of carbonyl (C=O) groups excluding carboxylic acids is 1. The molecule has 0 spiro atoms. The van der Waals surface area contributed by atoms with Gasteiger partial charge in [0, 0.05) is 19.8 Å². The first-order chi connectivity index (χ1) is 9.18. The molecule has 1 aromatic rings. The van der Waals surface area contributed by atoms with E-state index in [2.05, 4.69) is 5.32 Å². The second kappa shape index (κ2) is 6.61.